The van der Waals surface area contributed by atoms with Crippen molar-refractivity contribution in [1.29, 1.82) is 0 Å². The number of carbonyl (C=O) groups excluding carboxylic acids is 1. The summed E-state index contributed by atoms with van der Waals surface area (Å²) in [5.74, 6) is -0.979. The first-order valence-corrected chi connectivity index (χ1v) is 8.52. The lowest BCUT2D eigenvalue weighted by Gasteiger charge is -2.16. The van der Waals surface area contributed by atoms with Crippen LogP contribution >= 0.6 is 24.0 Å². The topological polar surface area (TPSA) is 82.0 Å². The van der Waals surface area contributed by atoms with E-state index < -0.39 is 5.97 Å². The van der Waals surface area contributed by atoms with E-state index in [1.807, 2.05) is 0 Å². The van der Waals surface area contributed by atoms with Gasteiger partial charge in [0.15, 0.2) is 0 Å². The fourth-order valence-electron chi connectivity index (χ4n) is 2.04. The minimum absolute atomic E-state index is 0.206. The number of hydrazone groups is 1. The van der Waals surface area contributed by atoms with Crippen molar-refractivity contribution in [3.05, 3.63) is 35.4 Å². The summed E-state index contributed by atoms with van der Waals surface area (Å²) in [5, 5.41) is 12.6. The zero-order chi connectivity index (χ0) is 16.7. The first-order valence-electron chi connectivity index (χ1n) is 7.13. The molecule has 0 spiro atoms. The zero-order valence-corrected chi connectivity index (χ0v) is 14.0. The van der Waals surface area contributed by atoms with E-state index in [0.717, 1.165) is 30.3 Å². The fraction of sp³-hybridized carbons (Fsp3) is 0.333. The van der Waals surface area contributed by atoms with Crippen molar-refractivity contribution < 1.29 is 14.7 Å². The van der Waals surface area contributed by atoms with Gasteiger partial charge in [0.05, 0.1) is 17.5 Å². The van der Waals surface area contributed by atoms with Crippen molar-refractivity contribution in [3.8, 4) is 0 Å². The molecule has 1 fully saturated rings. The van der Waals surface area contributed by atoms with Crippen LogP contribution in [0.1, 0.15) is 28.8 Å². The maximum absolute atomic E-state index is 11.7. The number of carboxylic acid groups (broad SMARTS) is 1. The van der Waals surface area contributed by atoms with E-state index in [9.17, 15) is 9.59 Å². The molecule has 1 amide bonds. The quantitative estimate of drug-likeness (QED) is 0.479. The van der Waals surface area contributed by atoms with E-state index in [-0.39, 0.29) is 17.2 Å². The molecule has 1 heterocycles. The number of nitrogens with one attached hydrogen (secondary N) is 1. The predicted octanol–water partition coefficient (Wildman–Crippen LogP) is 1.95. The van der Waals surface area contributed by atoms with Crippen molar-refractivity contribution >= 4 is 46.4 Å². The predicted molar refractivity (Wildman–Crippen MR) is 95.0 cm³/mol. The van der Waals surface area contributed by atoms with Gasteiger partial charge in [0, 0.05) is 13.1 Å². The first-order chi connectivity index (χ1) is 11.1. The molecule has 1 aromatic carbocycles. The Labute approximate surface area is 143 Å². The van der Waals surface area contributed by atoms with E-state index in [4.69, 9.17) is 17.3 Å². The number of thiocarbonyl (C=S) groups is 1. The molecule has 0 radical (unpaired) electrons. The van der Waals surface area contributed by atoms with Gasteiger partial charge in [0.2, 0.25) is 0 Å². The smallest absolute Gasteiger partial charge is 0.335 e. The van der Waals surface area contributed by atoms with Gasteiger partial charge in [-0.2, -0.15) is 5.10 Å². The van der Waals surface area contributed by atoms with Crippen LogP contribution in [-0.4, -0.2) is 51.3 Å². The highest BCUT2D eigenvalue weighted by atomic mass is 32.2. The second-order valence-corrected chi connectivity index (χ2v) is 6.58. The van der Waals surface area contributed by atoms with Gasteiger partial charge in [-0.1, -0.05) is 36.1 Å². The third-order valence-corrected chi connectivity index (χ3v) is 4.77. The average Bonchev–Trinajstić information content (AvgIpc) is 3.07. The summed E-state index contributed by atoms with van der Waals surface area (Å²) in [7, 11) is 0. The Balaban J connectivity index is 1.72. The Morgan fingerprint density at radius 1 is 1.30 bits per heavy atom. The molecule has 1 saturated heterocycles. The molecule has 1 aromatic rings. The number of carbonyl (C=O) groups is 2. The van der Waals surface area contributed by atoms with Gasteiger partial charge in [-0.3, -0.25) is 4.79 Å². The summed E-state index contributed by atoms with van der Waals surface area (Å²) in [4.78, 5) is 24.5. The minimum Gasteiger partial charge on any atom is -0.478 e. The van der Waals surface area contributed by atoms with Crippen LogP contribution in [0.2, 0.25) is 0 Å². The van der Waals surface area contributed by atoms with E-state index >= 15 is 0 Å². The van der Waals surface area contributed by atoms with E-state index in [1.54, 1.807) is 12.1 Å². The Morgan fingerprint density at radius 3 is 2.57 bits per heavy atom. The van der Waals surface area contributed by atoms with Crippen LogP contribution in [0.4, 0.5) is 0 Å². The fourth-order valence-corrected chi connectivity index (χ4v) is 3.08. The molecule has 2 N–H and O–H groups in total. The van der Waals surface area contributed by atoms with Gasteiger partial charge in [-0.25, -0.2) is 10.2 Å². The van der Waals surface area contributed by atoms with Crippen LogP contribution in [0.5, 0.6) is 0 Å². The third kappa shape index (κ3) is 5.65. The second kappa shape index (κ2) is 8.64. The molecule has 0 aromatic heterocycles. The van der Waals surface area contributed by atoms with Crippen LogP contribution < -0.4 is 5.43 Å². The van der Waals surface area contributed by atoms with Crippen LogP contribution in [0.3, 0.4) is 0 Å². The molecule has 0 saturated carbocycles. The largest absolute Gasteiger partial charge is 0.478 e. The summed E-state index contributed by atoms with van der Waals surface area (Å²) >= 11 is 6.62. The zero-order valence-electron chi connectivity index (χ0n) is 12.4. The Kier molecular flexibility index (Phi) is 6.54. The average molecular weight is 351 g/mol. The number of carboxylic acids is 1. The van der Waals surface area contributed by atoms with Gasteiger partial charge in [-0.05, 0) is 30.5 Å². The second-order valence-electron chi connectivity index (χ2n) is 4.97. The van der Waals surface area contributed by atoms with Gasteiger partial charge >= 0.3 is 5.97 Å². The normalized spacial score (nSPS) is 14.2. The molecule has 0 aliphatic carbocycles. The Morgan fingerprint density at radius 2 is 1.96 bits per heavy atom. The van der Waals surface area contributed by atoms with E-state index in [1.165, 1.54) is 30.1 Å². The number of aromatic carboxylic acids is 1. The van der Waals surface area contributed by atoms with Crippen LogP contribution in [-0.2, 0) is 4.79 Å². The van der Waals surface area contributed by atoms with Crippen molar-refractivity contribution in [2.75, 3.05) is 18.8 Å². The van der Waals surface area contributed by atoms with E-state index in [0.29, 0.717) is 5.56 Å². The summed E-state index contributed by atoms with van der Waals surface area (Å²) in [6, 6.07) is 6.21. The highest BCUT2D eigenvalue weighted by Gasteiger charge is 2.15. The summed E-state index contributed by atoms with van der Waals surface area (Å²) in [6.07, 6.45) is 3.77. The number of likely N-dealkylation sites (tertiary alicyclic amines) is 1. The first kappa shape index (κ1) is 17.4. The highest BCUT2D eigenvalue weighted by Crippen LogP contribution is 2.15. The number of nitrogens with zero attached hydrogens (tertiary/aromatic N) is 2. The van der Waals surface area contributed by atoms with Crippen molar-refractivity contribution in [3.63, 3.8) is 0 Å². The molecular weight excluding hydrogens is 334 g/mol. The van der Waals surface area contributed by atoms with Gasteiger partial charge < -0.3 is 10.0 Å². The maximum Gasteiger partial charge on any atom is 0.335 e. The van der Waals surface area contributed by atoms with Crippen molar-refractivity contribution in [1.82, 2.24) is 10.3 Å². The van der Waals surface area contributed by atoms with Crippen molar-refractivity contribution in [2.45, 2.75) is 12.8 Å². The lowest BCUT2D eigenvalue weighted by atomic mass is 10.1. The number of amides is 1. The maximum atomic E-state index is 11.7. The number of rotatable bonds is 5. The van der Waals surface area contributed by atoms with E-state index in [2.05, 4.69) is 15.4 Å². The van der Waals surface area contributed by atoms with Crippen LogP contribution in [0.25, 0.3) is 0 Å². The van der Waals surface area contributed by atoms with Gasteiger partial charge in [0.25, 0.3) is 5.91 Å². The SMILES string of the molecule is O=C(CSC(=S)N1CCCC1)N/N=C/c1ccc(C(=O)O)cc1. The molecule has 122 valence electrons. The monoisotopic (exact) mass is 351 g/mol. The number of thioether (sulfide) groups is 1. The number of hydrogen-bond acceptors (Lipinski definition) is 5. The van der Waals surface area contributed by atoms with Gasteiger partial charge in [0.1, 0.15) is 4.32 Å². The molecule has 1 aliphatic heterocycles. The Bertz CT molecular complexity index is 611. The number of hydrogen-bond donors (Lipinski definition) is 2. The number of benzene rings is 1. The molecular formula is C15H17N3O3S2. The minimum atomic E-state index is -0.979. The van der Waals surface area contributed by atoms with Crippen LogP contribution in [0.15, 0.2) is 29.4 Å². The Hall–Kier alpha value is -1.93. The molecule has 1 aliphatic rings. The lowest BCUT2D eigenvalue weighted by molar-refractivity contribution is -0.118. The van der Waals surface area contributed by atoms with Crippen molar-refractivity contribution in [2.24, 2.45) is 5.10 Å². The third-order valence-electron chi connectivity index (χ3n) is 3.25. The molecule has 6 nitrogen and oxygen atoms in total. The summed E-state index contributed by atoms with van der Waals surface area (Å²) < 4.78 is 0.755. The molecule has 2 rings (SSSR count). The molecule has 0 atom stereocenters. The molecule has 0 unspecified atom stereocenters. The lowest BCUT2D eigenvalue weighted by Crippen LogP contribution is -2.26. The summed E-state index contributed by atoms with van der Waals surface area (Å²) in [5.41, 5.74) is 3.34. The molecule has 8 heteroatoms. The molecule has 0 bridgehead atoms. The van der Waals surface area contributed by atoms with Crippen LogP contribution in [0, 0.1) is 0 Å². The highest BCUT2D eigenvalue weighted by molar-refractivity contribution is 8.23. The standard InChI is InChI=1S/C15H17N3O3S2/c19-13(10-23-15(22)18-7-1-2-8-18)17-16-9-11-3-5-12(6-4-11)14(20)21/h3-6,9H,1-2,7-8,10H2,(H,17,19)(H,20,21)/b16-9+. The summed E-state index contributed by atoms with van der Waals surface area (Å²) in [6.45, 7) is 1.94. The molecule has 23 heavy (non-hydrogen) atoms. The van der Waals surface area contributed by atoms with Gasteiger partial charge in [-0.15, -0.1) is 0 Å².